The van der Waals surface area contributed by atoms with Gasteiger partial charge in [-0.2, -0.15) is 0 Å². The largest absolute Gasteiger partial charge is 0.504 e. The monoisotopic (exact) mass is 280 g/mol. The molecule has 3 aromatic rings. The maximum absolute atomic E-state index is 11.8. The van der Waals surface area contributed by atoms with Gasteiger partial charge in [0.15, 0.2) is 11.5 Å². The molecular weight excluding hydrogens is 268 g/mol. The summed E-state index contributed by atoms with van der Waals surface area (Å²) in [6.45, 7) is 0. The number of phenols is 2. The molecule has 0 saturated carbocycles. The number of aromatic nitrogens is 2. The minimum Gasteiger partial charge on any atom is -0.504 e. The first kappa shape index (κ1) is 12.9. The van der Waals surface area contributed by atoms with E-state index in [9.17, 15) is 15.0 Å². The maximum Gasteiger partial charge on any atom is 0.251 e. The third kappa shape index (κ3) is 2.62. The Morgan fingerprint density at radius 2 is 1.62 bits per heavy atom. The van der Waals surface area contributed by atoms with Crippen LogP contribution in [-0.4, -0.2) is 20.2 Å². The van der Waals surface area contributed by atoms with Crippen LogP contribution in [0.2, 0.25) is 0 Å². The molecule has 21 heavy (non-hydrogen) atoms. The van der Waals surface area contributed by atoms with Crippen molar-refractivity contribution < 1.29 is 10.2 Å². The number of hydrogen-bond acceptors (Lipinski definition) is 4. The molecule has 3 rings (SSSR count). The van der Waals surface area contributed by atoms with Crippen LogP contribution in [-0.2, 0) is 0 Å². The molecule has 1 heterocycles. The van der Waals surface area contributed by atoms with Gasteiger partial charge in [-0.1, -0.05) is 30.3 Å². The molecule has 0 bridgehead atoms. The highest BCUT2D eigenvalue weighted by molar-refractivity contribution is 5.65. The molecule has 0 saturated heterocycles. The molecule has 3 N–H and O–H groups in total. The van der Waals surface area contributed by atoms with Crippen LogP contribution < -0.4 is 5.56 Å². The van der Waals surface area contributed by atoms with Crippen molar-refractivity contribution in [3.63, 3.8) is 0 Å². The van der Waals surface area contributed by atoms with E-state index >= 15 is 0 Å². The highest BCUT2D eigenvalue weighted by Crippen LogP contribution is 2.29. The van der Waals surface area contributed by atoms with Crippen molar-refractivity contribution in [2.45, 2.75) is 0 Å². The maximum atomic E-state index is 11.8. The third-order valence-corrected chi connectivity index (χ3v) is 3.06. The summed E-state index contributed by atoms with van der Waals surface area (Å²) in [6, 6.07) is 15.0. The fourth-order valence-electron chi connectivity index (χ4n) is 2.02. The SMILES string of the molecule is O=c1cc(-c2ccccc2)nc(-c2ccc(O)c(O)c2)[nH]1. The normalized spacial score (nSPS) is 10.5. The second-order valence-corrected chi connectivity index (χ2v) is 4.55. The van der Waals surface area contributed by atoms with E-state index in [1.54, 1.807) is 6.07 Å². The average Bonchev–Trinajstić information content (AvgIpc) is 2.50. The second kappa shape index (κ2) is 5.13. The first-order valence-corrected chi connectivity index (χ1v) is 6.32. The zero-order chi connectivity index (χ0) is 14.8. The predicted molar refractivity (Wildman–Crippen MR) is 79.1 cm³/mol. The summed E-state index contributed by atoms with van der Waals surface area (Å²) in [5.74, 6) is -0.155. The van der Waals surface area contributed by atoms with E-state index < -0.39 is 0 Å². The number of phenolic OH excluding ortho intramolecular Hbond substituents is 2. The van der Waals surface area contributed by atoms with Gasteiger partial charge in [0.1, 0.15) is 5.82 Å². The van der Waals surface area contributed by atoms with E-state index in [1.807, 2.05) is 30.3 Å². The highest BCUT2D eigenvalue weighted by atomic mass is 16.3. The Morgan fingerprint density at radius 3 is 2.33 bits per heavy atom. The molecule has 5 nitrogen and oxygen atoms in total. The number of benzene rings is 2. The van der Waals surface area contributed by atoms with Gasteiger partial charge < -0.3 is 15.2 Å². The number of hydrogen-bond donors (Lipinski definition) is 3. The van der Waals surface area contributed by atoms with Crippen molar-refractivity contribution in [2.24, 2.45) is 0 Å². The van der Waals surface area contributed by atoms with Crippen molar-refractivity contribution >= 4 is 0 Å². The third-order valence-electron chi connectivity index (χ3n) is 3.06. The molecule has 1 aromatic heterocycles. The Balaban J connectivity index is 2.14. The van der Waals surface area contributed by atoms with Gasteiger partial charge in [0.2, 0.25) is 0 Å². The zero-order valence-electron chi connectivity index (χ0n) is 10.9. The number of aromatic amines is 1. The smallest absolute Gasteiger partial charge is 0.251 e. The summed E-state index contributed by atoms with van der Waals surface area (Å²) >= 11 is 0. The van der Waals surface area contributed by atoms with E-state index in [2.05, 4.69) is 9.97 Å². The standard InChI is InChI=1S/C16H12N2O3/c19-13-7-6-11(8-14(13)20)16-17-12(9-15(21)18-16)10-4-2-1-3-5-10/h1-9,19-20H,(H,17,18,21). The Labute approximate surface area is 120 Å². The van der Waals surface area contributed by atoms with Crippen molar-refractivity contribution in [3.05, 3.63) is 65.0 Å². The van der Waals surface area contributed by atoms with E-state index in [-0.39, 0.29) is 17.1 Å². The lowest BCUT2D eigenvalue weighted by molar-refractivity contribution is 0.404. The topological polar surface area (TPSA) is 86.2 Å². The molecule has 0 amide bonds. The summed E-state index contributed by atoms with van der Waals surface area (Å²) < 4.78 is 0. The molecule has 0 aliphatic carbocycles. The van der Waals surface area contributed by atoms with Gasteiger partial charge in [-0.25, -0.2) is 4.98 Å². The van der Waals surface area contributed by atoms with E-state index in [0.717, 1.165) is 5.56 Å². The van der Waals surface area contributed by atoms with Crippen LogP contribution >= 0.6 is 0 Å². The Kier molecular flexibility index (Phi) is 3.16. The van der Waals surface area contributed by atoms with Crippen molar-refractivity contribution in [3.8, 4) is 34.1 Å². The minimum absolute atomic E-state index is 0.222. The van der Waals surface area contributed by atoms with E-state index in [4.69, 9.17) is 0 Å². The second-order valence-electron chi connectivity index (χ2n) is 4.55. The fraction of sp³-hybridized carbons (Fsp3) is 0. The number of nitrogens with one attached hydrogen (secondary N) is 1. The van der Waals surface area contributed by atoms with Crippen LogP contribution in [0.1, 0.15) is 0 Å². The van der Waals surface area contributed by atoms with Crippen LogP contribution in [0.25, 0.3) is 22.6 Å². The van der Waals surface area contributed by atoms with E-state index in [1.165, 1.54) is 18.2 Å². The summed E-state index contributed by atoms with van der Waals surface area (Å²) in [5.41, 5.74) is 1.60. The molecular formula is C16H12N2O3. The quantitative estimate of drug-likeness (QED) is 0.629. The Morgan fingerprint density at radius 1 is 0.857 bits per heavy atom. The van der Waals surface area contributed by atoms with Crippen molar-refractivity contribution in [2.75, 3.05) is 0 Å². The molecule has 0 atom stereocenters. The molecule has 0 unspecified atom stereocenters. The van der Waals surface area contributed by atoms with Crippen LogP contribution in [0.15, 0.2) is 59.4 Å². The molecule has 0 aliphatic rings. The first-order valence-electron chi connectivity index (χ1n) is 6.32. The van der Waals surface area contributed by atoms with Gasteiger partial charge in [0.25, 0.3) is 5.56 Å². The van der Waals surface area contributed by atoms with Crippen LogP contribution in [0.3, 0.4) is 0 Å². The molecule has 0 fully saturated rings. The van der Waals surface area contributed by atoms with Gasteiger partial charge in [-0.3, -0.25) is 4.79 Å². The summed E-state index contributed by atoms with van der Waals surface area (Å²) in [5, 5.41) is 18.9. The lowest BCUT2D eigenvalue weighted by atomic mass is 10.1. The molecule has 104 valence electrons. The summed E-state index contributed by atoms with van der Waals surface area (Å²) in [4.78, 5) is 18.8. The fourth-order valence-corrected chi connectivity index (χ4v) is 2.02. The first-order chi connectivity index (χ1) is 10.1. The number of H-pyrrole nitrogens is 1. The number of rotatable bonds is 2. The average molecular weight is 280 g/mol. The summed E-state index contributed by atoms with van der Waals surface area (Å²) in [6.07, 6.45) is 0. The van der Waals surface area contributed by atoms with Gasteiger partial charge in [-0.05, 0) is 18.2 Å². The lowest BCUT2D eigenvalue weighted by Gasteiger charge is -2.06. The van der Waals surface area contributed by atoms with Gasteiger partial charge in [0.05, 0.1) is 5.69 Å². The molecule has 2 aromatic carbocycles. The number of aromatic hydroxyl groups is 2. The zero-order valence-corrected chi connectivity index (χ0v) is 10.9. The Hall–Kier alpha value is -3.08. The Bertz CT molecular complexity index is 842. The van der Waals surface area contributed by atoms with Crippen LogP contribution in [0.5, 0.6) is 11.5 Å². The lowest BCUT2D eigenvalue weighted by Crippen LogP contribution is -2.08. The van der Waals surface area contributed by atoms with Crippen LogP contribution in [0, 0.1) is 0 Å². The predicted octanol–water partition coefficient (Wildman–Crippen LogP) is 2.52. The van der Waals surface area contributed by atoms with Gasteiger partial charge in [-0.15, -0.1) is 0 Å². The van der Waals surface area contributed by atoms with Crippen molar-refractivity contribution in [1.82, 2.24) is 9.97 Å². The van der Waals surface area contributed by atoms with E-state index in [0.29, 0.717) is 17.1 Å². The minimum atomic E-state index is -0.286. The molecule has 0 aliphatic heterocycles. The molecule has 5 heteroatoms. The molecule has 0 radical (unpaired) electrons. The van der Waals surface area contributed by atoms with Crippen molar-refractivity contribution in [1.29, 1.82) is 0 Å². The summed E-state index contributed by atoms with van der Waals surface area (Å²) in [7, 11) is 0. The highest BCUT2D eigenvalue weighted by Gasteiger charge is 2.08. The molecule has 0 spiro atoms. The van der Waals surface area contributed by atoms with Gasteiger partial charge >= 0.3 is 0 Å². The van der Waals surface area contributed by atoms with Crippen LogP contribution in [0.4, 0.5) is 0 Å². The van der Waals surface area contributed by atoms with Gasteiger partial charge in [0, 0.05) is 17.2 Å². The number of nitrogens with zero attached hydrogens (tertiary/aromatic N) is 1.